The molecular weight excluding hydrogens is 220 g/mol. The van der Waals surface area contributed by atoms with E-state index in [1.807, 2.05) is 6.07 Å². The van der Waals surface area contributed by atoms with Gasteiger partial charge in [0, 0.05) is 5.41 Å². The molecule has 1 fully saturated rings. The van der Waals surface area contributed by atoms with Crippen molar-refractivity contribution in [2.24, 2.45) is 5.41 Å². The molecule has 18 heavy (non-hydrogen) atoms. The summed E-state index contributed by atoms with van der Waals surface area (Å²) in [6, 6.07) is 10.4. The predicted octanol–water partition coefficient (Wildman–Crippen LogP) is 4.50. The fourth-order valence-electron chi connectivity index (χ4n) is 3.55. The van der Waals surface area contributed by atoms with Crippen LogP contribution in [0.5, 0.6) is 0 Å². The van der Waals surface area contributed by atoms with Gasteiger partial charge in [-0.05, 0) is 24.8 Å². The van der Waals surface area contributed by atoms with Crippen LogP contribution in [-0.4, -0.2) is 5.78 Å². The fourth-order valence-corrected chi connectivity index (χ4v) is 3.55. The third kappa shape index (κ3) is 2.11. The number of benzene rings is 1. The minimum atomic E-state index is -0.224. The molecule has 1 nitrogen and oxygen atoms in total. The zero-order valence-electron chi connectivity index (χ0n) is 11.8. The molecule has 1 heteroatoms. The maximum absolute atomic E-state index is 13.0. The van der Waals surface area contributed by atoms with Gasteiger partial charge in [-0.2, -0.15) is 0 Å². The average Bonchev–Trinajstić information content (AvgIpc) is 2.36. The third-order valence-electron chi connectivity index (χ3n) is 4.46. The van der Waals surface area contributed by atoms with Crippen molar-refractivity contribution in [2.75, 3.05) is 0 Å². The Balaban J connectivity index is 2.47. The van der Waals surface area contributed by atoms with E-state index in [1.54, 1.807) is 0 Å². The second-order valence-electron chi connectivity index (χ2n) is 6.26. The first kappa shape index (κ1) is 13.3. The van der Waals surface area contributed by atoms with E-state index in [0.29, 0.717) is 5.78 Å². The first-order valence-corrected chi connectivity index (χ1v) is 7.13. The van der Waals surface area contributed by atoms with E-state index < -0.39 is 0 Å². The van der Waals surface area contributed by atoms with Crippen molar-refractivity contribution < 1.29 is 4.79 Å². The minimum absolute atomic E-state index is 0.163. The average molecular weight is 244 g/mol. The van der Waals surface area contributed by atoms with Crippen molar-refractivity contribution in [1.82, 2.24) is 0 Å². The summed E-state index contributed by atoms with van der Waals surface area (Å²) in [6.45, 7) is 6.41. The van der Waals surface area contributed by atoms with Crippen molar-refractivity contribution in [3.63, 3.8) is 0 Å². The molecule has 1 aliphatic rings. The van der Waals surface area contributed by atoms with Gasteiger partial charge in [0.2, 0.25) is 0 Å². The molecule has 0 amide bonds. The number of Topliss-reactive ketones (excluding diaryl/α,β-unsaturated/α-hetero) is 1. The van der Waals surface area contributed by atoms with Gasteiger partial charge in [0.05, 0.1) is 5.41 Å². The molecule has 1 aromatic carbocycles. The van der Waals surface area contributed by atoms with Gasteiger partial charge in [0.15, 0.2) is 0 Å². The summed E-state index contributed by atoms with van der Waals surface area (Å²) in [6.07, 6.45) is 5.26. The van der Waals surface area contributed by atoms with Crippen LogP contribution in [0.2, 0.25) is 0 Å². The van der Waals surface area contributed by atoms with Gasteiger partial charge in [-0.3, -0.25) is 4.79 Å². The van der Waals surface area contributed by atoms with Gasteiger partial charge in [0.25, 0.3) is 0 Å². The van der Waals surface area contributed by atoms with Gasteiger partial charge in [-0.25, -0.2) is 0 Å². The lowest BCUT2D eigenvalue weighted by Crippen LogP contribution is -2.47. The molecule has 1 atom stereocenters. The second-order valence-corrected chi connectivity index (χ2v) is 6.26. The Morgan fingerprint density at radius 1 is 1.11 bits per heavy atom. The Kier molecular flexibility index (Phi) is 3.61. The van der Waals surface area contributed by atoms with Gasteiger partial charge < -0.3 is 0 Å². The number of hydrogen-bond donors (Lipinski definition) is 0. The summed E-state index contributed by atoms with van der Waals surface area (Å²) in [4.78, 5) is 13.0. The Morgan fingerprint density at radius 2 is 1.78 bits per heavy atom. The molecule has 0 aromatic heterocycles. The van der Waals surface area contributed by atoms with Gasteiger partial charge >= 0.3 is 0 Å². The van der Waals surface area contributed by atoms with Crippen LogP contribution in [0, 0.1) is 5.41 Å². The standard InChI is InChI=1S/C17H24O/c1-4-11-17(14-9-6-5-7-10-14)13-8-12-16(2,3)15(17)18/h5-7,9-10H,4,8,11-13H2,1-3H3. The zero-order valence-corrected chi connectivity index (χ0v) is 11.8. The number of hydrogen-bond acceptors (Lipinski definition) is 1. The van der Waals surface area contributed by atoms with Crippen LogP contribution in [0.1, 0.15) is 58.4 Å². The summed E-state index contributed by atoms with van der Waals surface area (Å²) in [5, 5.41) is 0. The molecule has 1 aliphatic carbocycles. The lowest BCUT2D eigenvalue weighted by Gasteiger charge is -2.44. The number of carbonyl (C=O) groups excluding carboxylic acids is 1. The van der Waals surface area contributed by atoms with Crippen LogP contribution in [0.25, 0.3) is 0 Å². The quantitative estimate of drug-likeness (QED) is 0.765. The highest BCUT2D eigenvalue weighted by Gasteiger charge is 2.48. The van der Waals surface area contributed by atoms with Crippen molar-refractivity contribution in [3.05, 3.63) is 35.9 Å². The Hall–Kier alpha value is -1.11. The van der Waals surface area contributed by atoms with Gasteiger partial charge in [-0.1, -0.05) is 63.9 Å². The van der Waals surface area contributed by atoms with E-state index >= 15 is 0 Å². The van der Waals surface area contributed by atoms with E-state index in [1.165, 1.54) is 5.56 Å². The molecule has 1 saturated carbocycles. The second kappa shape index (κ2) is 4.87. The number of rotatable bonds is 3. The Bertz CT molecular complexity index is 414. The van der Waals surface area contributed by atoms with E-state index in [9.17, 15) is 4.79 Å². The maximum Gasteiger partial charge on any atom is 0.148 e. The lowest BCUT2D eigenvalue weighted by molar-refractivity contribution is -0.137. The normalized spacial score (nSPS) is 27.2. The smallest absolute Gasteiger partial charge is 0.148 e. The molecule has 0 saturated heterocycles. The predicted molar refractivity (Wildman–Crippen MR) is 75.7 cm³/mol. The Labute approximate surface area is 111 Å². The van der Waals surface area contributed by atoms with E-state index in [0.717, 1.165) is 32.1 Å². The molecule has 1 aromatic rings. The lowest BCUT2D eigenvalue weighted by atomic mass is 9.58. The molecule has 2 rings (SSSR count). The van der Waals surface area contributed by atoms with Crippen LogP contribution in [-0.2, 0) is 10.2 Å². The molecule has 0 spiro atoms. The first-order chi connectivity index (χ1) is 8.53. The Morgan fingerprint density at radius 3 is 2.39 bits per heavy atom. The van der Waals surface area contributed by atoms with Crippen molar-refractivity contribution in [3.8, 4) is 0 Å². The summed E-state index contributed by atoms with van der Waals surface area (Å²) in [5.41, 5.74) is 0.839. The van der Waals surface area contributed by atoms with Crippen molar-refractivity contribution >= 4 is 5.78 Å². The third-order valence-corrected chi connectivity index (χ3v) is 4.46. The molecule has 1 unspecified atom stereocenters. The molecule has 0 bridgehead atoms. The highest BCUT2D eigenvalue weighted by Crippen LogP contribution is 2.47. The minimum Gasteiger partial charge on any atom is -0.298 e. The molecule has 0 heterocycles. The van der Waals surface area contributed by atoms with Crippen LogP contribution in [0.15, 0.2) is 30.3 Å². The number of carbonyl (C=O) groups is 1. The van der Waals surface area contributed by atoms with E-state index in [4.69, 9.17) is 0 Å². The SMILES string of the molecule is CCCC1(c2ccccc2)CCCC(C)(C)C1=O. The first-order valence-electron chi connectivity index (χ1n) is 7.13. The summed E-state index contributed by atoms with van der Waals surface area (Å²) < 4.78 is 0. The summed E-state index contributed by atoms with van der Waals surface area (Å²) in [5.74, 6) is 0.453. The molecule has 0 radical (unpaired) electrons. The van der Waals surface area contributed by atoms with E-state index in [2.05, 4.69) is 45.0 Å². The molecule has 0 N–H and O–H groups in total. The number of ketones is 1. The zero-order chi connectivity index (χ0) is 13.2. The van der Waals surface area contributed by atoms with Crippen LogP contribution < -0.4 is 0 Å². The van der Waals surface area contributed by atoms with E-state index in [-0.39, 0.29) is 10.8 Å². The summed E-state index contributed by atoms with van der Waals surface area (Å²) >= 11 is 0. The van der Waals surface area contributed by atoms with Gasteiger partial charge in [0.1, 0.15) is 5.78 Å². The molecule has 98 valence electrons. The highest BCUT2D eigenvalue weighted by atomic mass is 16.1. The van der Waals surface area contributed by atoms with Gasteiger partial charge in [-0.15, -0.1) is 0 Å². The largest absolute Gasteiger partial charge is 0.298 e. The van der Waals surface area contributed by atoms with Crippen molar-refractivity contribution in [2.45, 2.75) is 58.3 Å². The van der Waals surface area contributed by atoms with Crippen molar-refractivity contribution in [1.29, 1.82) is 0 Å². The molecule has 0 aliphatic heterocycles. The topological polar surface area (TPSA) is 17.1 Å². The van der Waals surface area contributed by atoms with Crippen LogP contribution in [0.4, 0.5) is 0 Å². The van der Waals surface area contributed by atoms with Crippen LogP contribution >= 0.6 is 0 Å². The monoisotopic (exact) mass is 244 g/mol. The summed E-state index contributed by atoms with van der Waals surface area (Å²) in [7, 11) is 0. The fraction of sp³-hybridized carbons (Fsp3) is 0.588. The maximum atomic E-state index is 13.0. The highest BCUT2D eigenvalue weighted by molar-refractivity contribution is 5.95. The molecular formula is C17H24O. The van der Waals surface area contributed by atoms with Crippen LogP contribution in [0.3, 0.4) is 0 Å².